The van der Waals surface area contributed by atoms with Gasteiger partial charge in [-0.2, -0.15) is 0 Å². The second kappa shape index (κ2) is 18.4. The zero-order valence-corrected chi connectivity index (χ0v) is 25.6. The summed E-state index contributed by atoms with van der Waals surface area (Å²) < 4.78 is 6.76. The molecule has 0 saturated carbocycles. The van der Waals surface area contributed by atoms with Crippen molar-refractivity contribution >= 4 is 77.3 Å². The van der Waals surface area contributed by atoms with E-state index in [4.69, 9.17) is 0 Å². The Morgan fingerprint density at radius 3 is 1.73 bits per heavy atom. The summed E-state index contributed by atoms with van der Waals surface area (Å²) in [7, 11) is 0. The molecule has 7 heteroatoms. The number of nitrogens with zero attached hydrogens (tertiary/aromatic N) is 2. The standard InChI is InChI=1S/C26H36N2S4Te/c1-3-5-7-9-11-13-17-29-25-26(30-18-14-12-10-8-6-4-2)32-24(31-25)23-16-15-22(33-23)21(19-27)20-28/h15-16H,3-14,17-18H2,1-2H3. The first-order chi connectivity index (χ1) is 16.2. The molecule has 33 heavy (non-hydrogen) atoms. The Balaban J connectivity index is 1.98. The van der Waals surface area contributed by atoms with Gasteiger partial charge in [-0.05, 0) is 0 Å². The number of rotatable bonds is 16. The van der Waals surface area contributed by atoms with Gasteiger partial charge < -0.3 is 0 Å². The van der Waals surface area contributed by atoms with Crippen LogP contribution < -0.4 is 6.47 Å². The maximum absolute atomic E-state index is 9.21. The minimum absolute atomic E-state index is 0.306. The Kier molecular flexibility index (Phi) is 16.4. The van der Waals surface area contributed by atoms with E-state index in [-0.39, 0.29) is 0 Å². The van der Waals surface area contributed by atoms with Crippen molar-refractivity contribution in [3.8, 4) is 12.1 Å². The SMILES string of the molecule is CCCCCCCCSC1=C(SCCCCCCCC)SC(=c2ccc(=C(C#N)C#N)[te]2)S1. The van der Waals surface area contributed by atoms with E-state index in [1.54, 1.807) is 0 Å². The first-order valence-electron chi connectivity index (χ1n) is 12.2. The molecule has 1 aromatic heterocycles. The molecule has 0 unspecified atom stereocenters. The molecule has 0 saturated heterocycles. The van der Waals surface area contributed by atoms with Crippen LogP contribution >= 0.6 is 47.0 Å². The molecule has 2 nitrogen and oxygen atoms in total. The number of nitriles is 2. The topological polar surface area (TPSA) is 47.6 Å². The third kappa shape index (κ3) is 11.2. The summed E-state index contributed by atoms with van der Waals surface area (Å²) in [6.45, 7) is 4.55. The Labute approximate surface area is 227 Å². The van der Waals surface area contributed by atoms with Crippen molar-refractivity contribution in [2.45, 2.75) is 90.9 Å². The Bertz CT molecular complexity index is 904. The zero-order valence-electron chi connectivity index (χ0n) is 20.0. The molecule has 0 atom stereocenters. The van der Waals surface area contributed by atoms with Crippen molar-refractivity contribution < 1.29 is 0 Å². The van der Waals surface area contributed by atoms with Crippen molar-refractivity contribution in [1.82, 2.24) is 0 Å². The first-order valence-corrected chi connectivity index (χ1v) is 18.2. The van der Waals surface area contributed by atoms with E-state index in [0.717, 1.165) is 3.23 Å². The van der Waals surface area contributed by atoms with E-state index in [0.29, 0.717) is 5.57 Å². The van der Waals surface area contributed by atoms with Gasteiger partial charge in [-0.25, -0.2) is 0 Å². The molecular formula is C26H36N2S4Te. The third-order valence-electron chi connectivity index (χ3n) is 5.28. The quantitative estimate of drug-likeness (QED) is 0.137. The van der Waals surface area contributed by atoms with Gasteiger partial charge in [-0.15, -0.1) is 0 Å². The Hall–Kier alpha value is 0.130. The van der Waals surface area contributed by atoms with Crippen LogP contribution in [0.25, 0.3) is 9.81 Å². The molecule has 180 valence electrons. The van der Waals surface area contributed by atoms with Gasteiger partial charge in [-0.3, -0.25) is 0 Å². The Morgan fingerprint density at radius 1 is 0.758 bits per heavy atom. The summed E-state index contributed by atoms with van der Waals surface area (Å²) in [5, 5.41) is 18.4. The molecule has 0 N–H and O–H groups in total. The number of hydrogen-bond donors (Lipinski definition) is 0. The van der Waals surface area contributed by atoms with Crippen LogP contribution in [0.4, 0.5) is 0 Å². The van der Waals surface area contributed by atoms with Crippen LogP contribution in [-0.2, 0) is 0 Å². The number of unbranched alkanes of at least 4 members (excludes halogenated alkanes) is 10. The zero-order chi connectivity index (χ0) is 23.7. The van der Waals surface area contributed by atoms with Crippen molar-refractivity contribution in [2.75, 3.05) is 11.5 Å². The molecule has 1 aromatic rings. The van der Waals surface area contributed by atoms with E-state index >= 15 is 0 Å². The van der Waals surface area contributed by atoms with Gasteiger partial charge in [0.2, 0.25) is 0 Å². The monoisotopic (exact) mass is 634 g/mol. The normalized spacial score (nSPS) is 13.4. The predicted octanol–water partition coefficient (Wildman–Crippen LogP) is 7.80. The molecule has 0 fully saturated rings. The second-order valence-electron chi connectivity index (χ2n) is 8.06. The molecule has 1 aliphatic rings. The van der Waals surface area contributed by atoms with Gasteiger partial charge >= 0.3 is 216 Å². The molecule has 0 bridgehead atoms. The molecule has 0 aliphatic carbocycles. The molecule has 1 aliphatic heterocycles. The fourth-order valence-corrected chi connectivity index (χ4v) is 12.7. The summed E-state index contributed by atoms with van der Waals surface area (Å²) in [6.07, 6.45) is 16.2. The number of thioether (sulfide) groups is 4. The van der Waals surface area contributed by atoms with Crippen LogP contribution in [0, 0.1) is 22.7 Å². The molecule has 2 heterocycles. The first kappa shape index (κ1) is 29.4. The summed E-state index contributed by atoms with van der Waals surface area (Å²) in [4.78, 5) is 0. The average molecular weight is 632 g/mol. The van der Waals surface area contributed by atoms with Crippen LogP contribution in [0.5, 0.6) is 0 Å². The number of hydrogen-bond acceptors (Lipinski definition) is 6. The van der Waals surface area contributed by atoms with Gasteiger partial charge in [-0.1, -0.05) is 13.8 Å². The van der Waals surface area contributed by atoms with Crippen LogP contribution in [-0.4, -0.2) is 31.9 Å². The maximum atomic E-state index is 9.21. The molecule has 0 amide bonds. The van der Waals surface area contributed by atoms with E-state index in [2.05, 4.69) is 32.1 Å². The summed E-state index contributed by atoms with van der Waals surface area (Å²) in [6, 6.07) is 8.32. The van der Waals surface area contributed by atoms with Crippen molar-refractivity contribution in [3.05, 3.63) is 27.1 Å². The van der Waals surface area contributed by atoms with Gasteiger partial charge in [0.15, 0.2) is 0 Å². The third-order valence-corrected chi connectivity index (χ3v) is 15.0. The van der Waals surface area contributed by atoms with Crippen LogP contribution in [0.1, 0.15) is 90.9 Å². The molecule has 0 spiro atoms. The second-order valence-corrected chi connectivity index (χ2v) is 16.2. The average Bonchev–Trinajstić information content (AvgIpc) is 3.46. The summed E-state index contributed by atoms with van der Waals surface area (Å²) in [5.41, 5.74) is 0.306. The van der Waals surface area contributed by atoms with Gasteiger partial charge in [0.05, 0.1) is 0 Å². The summed E-state index contributed by atoms with van der Waals surface area (Å²) in [5.74, 6) is 2.42. The molecule has 2 rings (SSSR count). The van der Waals surface area contributed by atoms with Crippen molar-refractivity contribution in [2.24, 2.45) is 0 Å². The van der Waals surface area contributed by atoms with Crippen molar-refractivity contribution in [3.63, 3.8) is 0 Å². The summed E-state index contributed by atoms with van der Waals surface area (Å²) >= 11 is 7.36. The van der Waals surface area contributed by atoms with E-state index < -0.39 is 20.4 Å². The Morgan fingerprint density at radius 2 is 1.24 bits per heavy atom. The van der Waals surface area contributed by atoms with Gasteiger partial charge in [0.25, 0.3) is 0 Å². The molecule has 0 aromatic carbocycles. The van der Waals surface area contributed by atoms with Crippen LogP contribution in [0.3, 0.4) is 0 Å². The van der Waals surface area contributed by atoms with Crippen molar-refractivity contribution in [1.29, 1.82) is 10.5 Å². The van der Waals surface area contributed by atoms with Gasteiger partial charge in [0, 0.05) is 0 Å². The fraction of sp³-hybridized carbons (Fsp3) is 0.615. The minimum atomic E-state index is -0.636. The van der Waals surface area contributed by atoms with Crippen LogP contribution in [0.2, 0.25) is 0 Å². The molecular weight excluding hydrogens is 596 g/mol. The van der Waals surface area contributed by atoms with Crippen LogP contribution in [0.15, 0.2) is 20.6 Å². The van der Waals surface area contributed by atoms with E-state index in [1.165, 1.54) is 105 Å². The van der Waals surface area contributed by atoms with E-state index in [9.17, 15) is 10.5 Å². The predicted molar refractivity (Wildman–Crippen MR) is 155 cm³/mol. The molecule has 0 radical (unpaired) electrons. The van der Waals surface area contributed by atoms with E-state index in [1.807, 2.05) is 53.1 Å². The van der Waals surface area contributed by atoms with Gasteiger partial charge in [0.1, 0.15) is 0 Å². The fourth-order valence-electron chi connectivity index (χ4n) is 3.36.